The van der Waals surface area contributed by atoms with Gasteiger partial charge in [-0.25, -0.2) is 4.68 Å². The van der Waals surface area contributed by atoms with Crippen LogP contribution in [0.1, 0.15) is 44.8 Å². The molecule has 4 rings (SSSR count). The van der Waals surface area contributed by atoms with E-state index in [1.165, 1.54) is 17.6 Å². The molecule has 0 saturated carbocycles. The highest BCUT2D eigenvalue weighted by molar-refractivity contribution is 7.26. The first kappa shape index (κ1) is 23.9. The van der Waals surface area contributed by atoms with Crippen molar-refractivity contribution in [2.24, 2.45) is 0 Å². The molecule has 1 aliphatic rings. The number of carbonyl (C=O) groups excluding carboxylic acids is 1. The number of hydrogen-bond acceptors (Lipinski definition) is 6. The minimum Gasteiger partial charge on any atom is -0.354 e. The molecule has 1 aliphatic heterocycles. The van der Waals surface area contributed by atoms with Crippen molar-refractivity contribution in [3.05, 3.63) is 40.3 Å². The summed E-state index contributed by atoms with van der Waals surface area (Å²) in [7, 11) is 0. The molecule has 1 fully saturated rings. The van der Waals surface area contributed by atoms with Gasteiger partial charge in [-0.1, -0.05) is 32.0 Å². The molecule has 0 aliphatic carbocycles. The summed E-state index contributed by atoms with van der Waals surface area (Å²) in [6, 6.07) is 7.32. The largest absolute Gasteiger partial charge is 0.354 e. The summed E-state index contributed by atoms with van der Waals surface area (Å²) in [5.74, 6) is -0.127. The van der Waals surface area contributed by atoms with Crippen LogP contribution in [0.25, 0.3) is 20.2 Å². The third kappa shape index (κ3) is 5.13. The fourth-order valence-electron chi connectivity index (χ4n) is 4.74. The second-order valence-corrected chi connectivity index (χ2v) is 9.94. The number of benzene rings is 1. The SMILES string of the molecule is CCCN1CCN(CCCNC(=O)[C@@H](CC)n2nc(C)c3sc4ccccc4c3c2=O)CC1. The fraction of sp³-hybridized carbons (Fsp3) is 0.560. The van der Waals surface area contributed by atoms with Gasteiger partial charge in [0, 0.05) is 42.8 Å². The van der Waals surface area contributed by atoms with Crippen LogP contribution in [0.4, 0.5) is 0 Å². The molecule has 178 valence electrons. The quantitative estimate of drug-likeness (QED) is 0.487. The summed E-state index contributed by atoms with van der Waals surface area (Å²) >= 11 is 1.59. The number of aromatic nitrogens is 2. The molecule has 0 radical (unpaired) electrons. The zero-order valence-corrected chi connectivity index (χ0v) is 20.8. The van der Waals surface area contributed by atoms with Gasteiger partial charge in [-0.05, 0) is 45.3 Å². The topological polar surface area (TPSA) is 70.5 Å². The molecule has 1 N–H and O–H groups in total. The summed E-state index contributed by atoms with van der Waals surface area (Å²) in [6.07, 6.45) is 2.63. The van der Waals surface area contributed by atoms with Crippen molar-refractivity contribution in [1.29, 1.82) is 0 Å². The van der Waals surface area contributed by atoms with E-state index in [1.54, 1.807) is 11.3 Å². The molecule has 3 aromatic rings. The van der Waals surface area contributed by atoms with Crippen LogP contribution in [-0.4, -0.2) is 71.3 Å². The summed E-state index contributed by atoms with van der Waals surface area (Å²) in [6.45, 7) is 13.3. The number of carbonyl (C=O) groups is 1. The highest BCUT2D eigenvalue weighted by Crippen LogP contribution is 2.33. The Hall–Kier alpha value is -2.29. The Balaban J connectivity index is 1.40. The number of thiophene rings is 1. The van der Waals surface area contributed by atoms with Crippen molar-refractivity contribution in [2.45, 2.75) is 46.1 Å². The molecule has 1 atom stereocenters. The standard InChI is InChI=1S/C25H35N5O2S/c1-4-12-28-14-16-29(17-15-28)13-8-11-26-24(31)20(5-2)30-25(32)22-19-9-6-7-10-21(19)33-23(22)18(3)27-30/h6-7,9-10,20H,4-5,8,11-17H2,1-3H3,(H,26,31)/t20-/m1/s1. The second kappa shape index (κ2) is 10.8. The predicted molar refractivity (Wildman–Crippen MR) is 136 cm³/mol. The first-order valence-corrected chi connectivity index (χ1v) is 13.0. The van der Waals surface area contributed by atoms with Gasteiger partial charge < -0.3 is 15.1 Å². The van der Waals surface area contributed by atoms with Crippen LogP contribution in [0.2, 0.25) is 0 Å². The summed E-state index contributed by atoms with van der Waals surface area (Å²) < 4.78 is 3.38. The number of aryl methyl sites for hydroxylation is 1. The van der Waals surface area contributed by atoms with Crippen LogP contribution in [0, 0.1) is 6.92 Å². The zero-order valence-electron chi connectivity index (χ0n) is 20.0. The van der Waals surface area contributed by atoms with Gasteiger partial charge in [-0.2, -0.15) is 5.10 Å². The van der Waals surface area contributed by atoms with E-state index >= 15 is 0 Å². The molecule has 1 saturated heterocycles. The Labute approximate surface area is 199 Å². The lowest BCUT2D eigenvalue weighted by atomic mass is 10.1. The molecule has 1 aromatic carbocycles. The van der Waals surface area contributed by atoms with E-state index in [0.29, 0.717) is 18.4 Å². The number of amides is 1. The molecule has 0 unspecified atom stereocenters. The minimum atomic E-state index is -0.600. The van der Waals surface area contributed by atoms with E-state index in [2.05, 4.69) is 27.1 Å². The van der Waals surface area contributed by atoms with E-state index in [0.717, 1.165) is 59.6 Å². The second-order valence-electron chi connectivity index (χ2n) is 8.89. The Morgan fingerprint density at radius 2 is 1.82 bits per heavy atom. The Kier molecular flexibility index (Phi) is 7.78. The lowest BCUT2D eigenvalue weighted by Crippen LogP contribution is -2.47. The van der Waals surface area contributed by atoms with Crippen LogP contribution in [0.3, 0.4) is 0 Å². The Morgan fingerprint density at radius 1 is 1.12 bits per heavy atom. The fourth-order valence-corrected chi connectivity index (χ4v) is 5.88. The molecule has 3 heterocycles. The summed E-state index contributed by atoms with van der Waals surface area (Å²) in [5, 5.41) is 9.22. The van der Waals surface area contributed by atoms with E-state index in [4.69, 9.17) is 0 Å². The maximum atomic E-state index is 13.4. The lowest BCUT2D eigenvalue weighted by molar-refractivity contribution is -0.124. The van der Waals surface area contributed by atoms with Crippen LogP contribution < -0.4 is 10.9 Å². The smallest absolute Gasteiger partial charge is 0.276 e. The summed E-state index contributed by atoms with van der Waals surface area (Å²) in [4.78, 5) is 31.4. The van der Waals surface area contributed by atoms with Crippen molar-refractivity contribution in [3.8, 4) is 0 Å². The first-order chi connectivity index (χ1) is 16.0. The minimum absolute atomic E-state index is 0.127. The highest BCUT2D eigenvalue weighted by Gasteiger charge is 2.24. The van der Waals surface area contributed by atoms with Gasteiger partial charge >= 0.3 is 0 Å². The number of fused-ring (bicyclic) bond motifs is 3. The van der Waals surface area contributed by atoms with Gasteiger partial charge in [0.1, 0.15) is 6.04 Å². The number of rotatable bonds is 9. The number of nitrogens with zero attached hydrogens (tertiary/aromatic N) is 4. The molecule has 7 nitrogen and oxygen atoms in total. The molecule has 0 bridgehead atoms. The Morgan fingerprint density at radius 3 is 2.52 bits per heavy atom. The van der Waals surface area contributed by atoms with Gasteiger partial charge in [0.2, 0.25) is 5.91 Å². The molecule has 8 heteroatoms. The molecule has 1 amide bonds. The summed E-state index contributed by atoms with van der Waals surface area (Å²) in [5.41, 5.74) is 0.610. The highest BCUT2D eigenvalue weighted by atomic mass is 32.1. The number of nitrogens with one attached hydrogen (secondary N) is 1. The van der Waals surface area contributed by atoms with Crippen molar-refractivity contribution in [3.63, 3.8) is 0 Å². The van der Waals surface area contributed by atoms with E-state index < -0.39 is 6.04 Å². The van der Waals surface area contributed by atoms with Gasteiger partial charge in [0.15, 0.2) is 0 Å². The molecular formula is C25H35N5O2S. The molecule has 2 aromatic heterocycles. The average Bonchev–Trinajstić information content (AvgIpc) is 3.22. The van der Waals surface area contributed by atoms with Gasteiger partial charge in [-0.3, -0.25) is 9.59 Å². The van der Waals surface area contributed by atoms with E-state index in [9.17, 15) is 9.59 Å². The number of piperazine rings is 1. The van der Waals surface area contributed by atoms with Gasteiger partial charge in [-0.15, -0.1) is 11.3 Å². The van der Waals surface area contributed by atoms with E-state index in [1.807, 2.05) is 38.1 Å². The van der Waals surface area contributed by atoms with Crippen molar-refractivity contribution >= 4 is 37.4 Å². The van der Waals surface area contributed by atoms with Gasteiger partial charge in [0.05, 0.1) is 15.8 Å². The third-order valence-corrected chi connectivity index (χ3v) is 7.82. The van der Waals surface area contributed by atoms with Gasteiger partial charge in [0.25, 0.3) is 5.56 Å². The normalized spacial score (nSPS) is 16.5. The van der Waals surface area contributed by atoms with Crippen molar-refractivity contribution in [2.75, 3.05) is 45.8 Å². The predicted octanol–water partition coefficient (Wildman–Crippen LogP) is 3.40. The molecular weight excluding hydrogens is 434 g/mol. The Bertz CT molecular complexity index is 1160. The van der Waals surface area contributed by atoms with Crippen molar-refractivity contribution < 1.29 is 4.79 Å². The lowest BCUT2D eigenvalue weighted by Gasteiger charge is -2.34. The average molecular weight is 470 g/mol. The maximum Gasteiger partial charge on any atom is 0.276 e. The van der Waals surface area contributed by atoms with Crippen LogP contribution in [0.15, 0.2) is 29.1 Å². The van der Waals surface area contributed by atoms with Crippen LogP contribution in [0.5, 0.6) is 0 Å². The van der Waals surface area contributed by atoms with E-state index in [-0.39, 0.29) is 11.5 Å². The monoisotopic (exact) mass is 469 g/mol. The molecule has 33 heavy (non-hydrogen) atoms. The number of hydrogen-bond donors (Lipinski definition) is 1. The van der Waals surface area contributed by atoms with Crippen LogP contribution in [-0.2, 0) is 4.79 Å². The zero-order chi connectivity index (χ0) is 23.4. The van der Waals surface area contributed by atoms with Crippen molar-refractivity contribution in [1.82, 2.24) is 24.9 Å². The third-order valence-electron chi connectivity index (χ3n) is 6.54. The molecule has 0 spiro atoms. The first-order valence-electron chi connectivity index (χ1n) is 12.2. The maximum absolute atomic E-state index is 13.4. The van der Waals surface area contributed by atoms with Crippen LogP contribution >= 0.6 is 11.3 Å².